The highest BCUT2D eigenvalue weighted by Crippen LogP contribution is 2.28. The van der Waals surface area contributed by atoms with E-state index in [9.17, 15) is 9.59 Å². The molecule has 0 radical (unpaired) electrons. The molecule has 146 valence electrons. The number of anilines is 3. The SMILES string of the molecule is CN1CCCc2cc(NC(=O)COc3ccc(N4CCCC4=O)cc3)ccc21. The molecule has 1 N–H and O–H groups in total. The minimum Gasteiger partial charge on any atom is -0.484 e. The van der Waals surface area contributed by atoms with Gasteiger partial charge in [-0.2, -0.15) is 0 Å². The van der Waals surface area contributed by atoms with Crippen molar-refractivity contribution in [2.75, 3.05) is 41.9 Å². The third-order valence-electron chi connectivity index (χ3n) is 5.31. The molecule has 2 aliphatic heterocycles. The third kappa shape index (κ3) is 3.96. The van der Waals surface area contributed by atoms with Crippen molar-refractivity contribution in [3.63, 3.8) is 0 Å². The molecule has 6 heteroatoms. The molecule has 28 heavy (non-hydrogen) atoms. The predicted molar refractivity (Wildman–Crippen MR) is 110 cm³/mol. The lowest BCUT2D eigenvalue weighted by atomic mass is 10.0. The number of nitrogens with zero attached hydrogens (tertiary/aromatic N) is 2. The van der Waals surface area contributed by atoms with E-state index in [-0.39, 0.29) is 18.4 Å². The van der Waals surface area contributed by atoms with Crippen LogP contribution in [0.2, 0.25) is 0 Å². The minimum absolute atomic E-state index is 0.0566. The first kappa shape index (κ1) is 18.3. The normalized spacial score (nSPS) is 16.1. The Morgan fingerprint density at radius 1 is 1.07 bits per heavy atom. The van der Waals surface area contributed by atoms with E-state index in [1.807, 2.05) is 24.3 Å². The Morgan fingerprint density at radius 2 is 1.86 bits per heavy atom. The molecule has 2 amide bonds. The lowest BCUT2D eigenvalue weighted by Crippen LogP contribution is -2.25. The number of carbonyl (C=O) groups is 2. The van der Waals surface area contributed by atoms with Gasteiger partial charge in [-0.1, -0.05) is 0 Å². The number of nitrogens with one attached hydrogen (secondary N) is 1. The Balaban J connectivity index is 1.31. The van der Waals surface area contributed by atoms with Crippen molar-refractivity contribution in [3.8, 4) is 5.75 Å². The molecule has 6 nitrogen and oxygen atoms in total. The van der Waals surface area contributed by atoms with Gasteiger partial charge in [-0.05, 0) is 67.3 Å². The molecule has 0 unspecified atom stereocenters. The summed E-state index contributed by atoms with van der Waals surface area (Å²) < 4.78 is 5.59. The molecule has 0 saturated carbocycles. The maximum atomic E-state index is 12.2. The standard InChI is InChI=1S/C22H25N3O3/c1-24-12-2-4-16-14-17(6-11-20(16)24)23-21(26)15-28-19-9-7-18(8-10-19)25-13-3-5-22(25)27/h6-11,14H,2-5,12-13,15H2,1H3,(H,23,26). The summed E-state index contributed by atoms with van der Waals surface area (Å²) in [5.41, 5.74) is 4.17. The van der Waals surface area contributed by atoms with Gasteiger partial charge in [-0.3, -0.25) is 9.59 Å². The predicted octanol–water partition coefficient (Wildman–Crippen LogP) is 3.21. The average Bonchev–Trinajstić information content (AvgIpc) is 3.13. The van der Waals surface area contributed by atoms with Crippen molar-refractivity contribution < 1.29 is 14.3 Å². The smallest absolute Gasteiger partial charge is 0.262 e. The monoisotopic (exact) mass is 379 g/mol. The Morgan fingerprint density at radius 3 is 2.61 bits per heavy atom. The second-order valence-corrected chi connectivity index (χ2v) is 7.35. The van der Waals surface area contributed by atoms with E-state index in [1.165, 1.54) is 11.3 Å². The molecule has 0 spiro atoms. The summed E-state index contributed by atoms with van der Waals surface area (Å²) in [7, 11) is 2.09. The van der Waals surface area contributed by atoms with Crippen molar-refractivity contribution >= 4 is 28.9 Å². The van der Waals surface area contributed by atoms with Gasteiger partial charge in [0, 0.05) is 43.6 Å². The molecular weight excluding hydrogens is 354 g/mol. The molecular formula is C22H25N3O3. The number of rotatable bonds is 5. The summed E-state index contributed by atoms with van der Waals surface area (Å²) in [4.78, 5) is 28.1. The zero-order valence-corrected chi connectivity index (χ0v) is 16.1. The Kier molecular flexibility index (Phi) is 5.19. The molecule has 2 heterocycles. The van der Waals surface area contributed by atoms with Gasteiger partial charge in [0.1, 0.15) is 5.75 Å². The first-order valence-electron chi connectivity index (χ1n) is 9.77. The fraction of sp³-hybridized carbons (Fsp3) is 0.364. The summed E-state index contributed by atoms with van der Waals surface area (Å²) in [6.07, 6.45) is 3.67. The van der Waals surface area contributed by atoms with E-state index in [4.69, 9.17) is 4.74 Å². The van der Waals surface area contributed by atoms with E-state index in [2.05, 4.69) is 23.3 Å². The van der Waals surface area contributed by atoms with Crippen LogP contribution in [0.5, 0.6) is 5.75 Å². The van der Waals surface area contributed by atoms with E-state index in [0.29, 0.717) is 12.2 Å². The van der Waals surface area contributed by atoms with E-state index < -0.39 is 0 Å². The summed E-state index contributed by atoms with van der Waals surface area (Å²) in [5.74, 6) is 0.574. The lowest BCUT2D eigenvalue weighted by molar-refractivity contribution is -0.118. The highest BCUT2D eigenvalue weighted by atomic mass is 16.5. The second-order valence-electron chi connectivity index (χ2n) is 7.35. The molecule has 0 aromatic heterocycles. The molecule has 2 aromatic rings. The van der Waals surface area contributed by atoms with Crippen molar-refractivity contribution in [3.05, 3.63) is 48.0 Å². The van der Waals surface area contributed by atoms with Crippen molar-refractivity contribution in [1.82, 2.24) is 0 Å². The van der Waals surface area contributed by atoms with Crippen molar-refractivity contribution in [1.29, 1.82) is 0 Å². The molecule has 2 aliphatic rings. The van der Waals surface area contributed by atoms with Crippen LogP contribution >= 0.6 is 0 Å². The zero-order valence-electron chi connectivity index (χ0n) is 16.1. The molecule has 0 aliphatic carbocycles. The van der Waals surface area contributed by atoms with E-state index >= 15 is 0 Å². The third-order valence-corrected chi connectivity index (χ3v) is 5.31. The fourth-order valence-corrected chi connectivity index (χ4v) is 3.85. The van der Waals surface area contributed by atoms with Crippen LogP contribution in [0.3, 0.4) is 0 Å². The number of carbonyl (C=O) groups excluding carboxylic acids is 2. The second kappa shape index (κ2) is 7.92. The first-order valence-corrected chi connectivity index (χ1v) is 9.77. The largest absolute Gasteiger partial charge is 0.484 e. The number of aryl methyl sites for hydroxylation is 1. The van der Waals surface area contributed by atoms with Crippen LogP contribution in [-0.4, -0.2) is 38.6 Å². The van der Waals surface area contributed by atoms with Crippen molar-refractivity contribution in [2.45, 2.75) is 25.7 Å². The Bertz CT molecular complexity index is 879. The maximum absolute atomic E-state index is 12.2. The summed E-state index contributed by atoms with van der Waals surface area (Å²) in [6.45, 7) is 1.77. The van der Waals surface area contributed by atoms with Gasteiger partial charge in [0.05, 0.1) is 0 Å². The highest BCUT2D eigenvalue weighted by Gasteiger charge is 2.21. The fourth-order valence-electron chi connectivity index (χ4n) is 3.85. The van der Waals surface area contributed by atoms with Crippen LogP contribution in [-0.2, 0) is 16.0 Å². The minimum atomic E-state index is -0.192. The molecule has 4 rings (SSSR count). The van der Waals surface area contributed by atoms with Gasteiger partial charge < -0.3 is 19.9 Å². The highest BCUT2D eigenvalue weighted by molar-refractivity contribution is 5.95. The molecule has 1 fully saturated rings. The van der Waals surface area contributed by atoms with Gasteiger partial charge in [0.25, 0.3) is 5.91 Å². The van der Waals surface area contributed by atoms with Crippen LogP contribution in [0.25, 0.3) is 0 Å². The average molecular weight is 379 g/mol. The van der Waals surface area contributed by atoms with Gasteiger partial charge >= 0.3 is 0 Å². The van der Waals surface area contributed by atoms with E-state index in [0.717, 1.165) is 43.7 Å². The summed E-state index contributed by atoms with van der Waals surface area (Å²) in [6, 6.07) is 13.3. The van der Waals surface area contributed by atoms with Crippen LogP contribution in [0.4, 0.5) is 17.1 Å². The first-order chi connectivity index (χ1) is 13.6. The summed E-state index contributed by atoms with van der Waals surface area (Å²) >= 11 is 0. The molecule has 0 atom stereocenters. The van der Waals surface area contributed by atoms with Gasteiger partial charge in [-0.25, -0.2) is 0 Å². The van der Waals surface area contributed by atoms with Gasteiger partial charge in [0.15, 0.2) is 6.61 Å². The maximum Gasteiger partial charge on any atom is 0.262 e. The van der Waals surface area contributed by atoms with Crippen LogP contribution in [0.15, 0.2) is 42.5 Å². The quantitative estimate of drug-likeness (QED) is 0.867. The van der Waals surface area contributed by atoms with Gasteiger partial charge in [-0.15, -0.1) is 0 Å². The number of hydrogen-bond donors (Lipinski definition) is 1. The number of hydrogen-bond acceptors (Lipinski definition) is 4. The van der Waals surface area contributed by atoms with Crippen LogP contribution < -0.4 is 19.9 Å². The number of amides is 2. The molecule has 1 saturated heterocycles. The Labute approximate surface area is 165 Å². The van der Waals surface area contributed by atoms with Crippen LogP contribution in [0, 0.1) is 0 Å². The number of benzene rings is 2. The summed E-state index contributed by atoms with van der Waals surface area (Å²) in [5, 5.41) is 2.90. The lowest BCUT2D eigenvalue weighted by Gasteiger charge is -2.27. The zero-order chi connectivity index (χ0) is 19.5. The molecule has 2 aromatic carbocycles. The van der Waals surface area contributed by atoms with Gasteiger partial charge in [0.2, 0.25) is 5.91 Å². The Hall–Kier alpha value is -3.02. The number of fused-ring (bicyclic) bond motifs is 1. The van der Waals surface area contributed by atoms with E-state index in [1.54, 1.807) is 17.0 Å². The van der Waals surface area contributed by atoms with Crippen LogP contribution in [0.1, 0.15) is 24.8 Å². The number of ether oxygens (including phenoxy) is 1. The topological polar surface area (TPSA) is 61.9 Å². The van der Waals surface area contributed by atoms with Crippen molar-refractivity contribution in [2.24, 2.45) is 0 Å². The molecule has 0 bridgehead atoms.